The Hall–Kier alpha value is -1.77. The second-order valence-corrected chi connectivity index (χ2v) is 8.09. The zero-order valence-electron chi connectivity index (χ0n) is 15.0. The van der Waals surface area contributed by atoms with Gasteiger partial charge in [0.2, 0.25) is 0 Å². The molecular weight excluding hydrogens is 366 g/mol. The highest BCUT2D eigenvalue weighted by atomic mass is 32.3. The van der Waals surface area contributed by atoms with Crippen molar-refractivity contribution >= 4 is 10.4 Å². The summed E-state index contributed by atoms with van der Waals surface area (Å²) in [6, 6.07) is 20.5. The monoisotopic (exact) mass is 391 g/mol. The molecule has 3 N–H and O–H groups in total. The summed E-state index contributed by atoms with van der Waals surface area (Å²) in [6.45, 7) is 3.40. The quantitative estimate of drug-likeness (QED) is 0.696. The van der Waals surface area contributed by atoms with Gasteiger partial charge in [0.15, 0.2) is 0 Å². The summed E-state index contributed by atoms with van der Waals surface area (Å²) in [5, 5.41) is 11.9. The molecule has 146 valence electrons. The molecule has 0 radical (unpaired) electrons. The van der Waals surface area contributed by atoms with Crippen LogP contribution in [0.15, 0.2) is 60.7 Å². The van der Waals surface area contributed by atoms with Crippen LogP contribution in [0.3, 0.4) is 0 Å². The molecule has 3 aliphatic heterocycles. The van der Waals surface area contributed by atoms with Gasteiger partial charge in [-0.25, -0.2) is 0 Å². The Bertz CT molecular complexity index is 786. The SMILES string of the molecule is O=S(=O)(O)O.OC(c1ccccc1)(c1ccccc1)C1CN2CCC1CC2. The molecule has 1 atom stereocenters. The molecule has 2 bridgehead atoms. The van der Waals surface area contributed by atoms with Crippen LogP contribution in [0.5, 0.6) is 0 Å². The van der Waals surface area contributed by atoms with Crippen molar-refractivity contribution in [3.63, 3.8) is 0 Å². The van der Waals surface area contributed by atoms with Crippen LogP contribution in [0.25, 0.3) is 0 Å². The van der Waals surface area contributed by atoms with Crippen molar-refractivity contribution in [1.82, 2.24) is 4.90 Å². The first kappa shape index (κ1) is 20.0. The van der Waals surface area contributed by atoms with Gasteiger partial charge < -0.3 is 10.0 Å². The number of aliphatic hydroxyl groups is 1. The first-order chi connectivity index (χ1) is 12.8. The Morgan fingerprint density at radius 3 is 1.59 bits per heavy atom. The Balaban J connectivity index is 0.000000376. The standard InChI is InChI=1S/C20H23NO.H2O4S/c22-20(17-7-3-1-4-8-17,18-9-5-2-6-10-18)19-15-21-13-11-16(19)12-14-21;1-5(2,3)4/h1-10,16,19,22H,11-15H2;(H2,1,2,3,4). The third-order valence-corrected chi connectivity index (χ3v) is 5.62. The maximum atomic E-state index is 11.9. The number of fused-ring (bicyclic) bond motifs is 3. The van der Waals surface area contributed by atoms with Crippen molar-refractivity contribution in [2.24, 2.45) is 11.8 Å². The fourth-order valence-corrected chi connectivity index (χ4v) is 4.42. The lowest BCUT2D eigenvalue weighted by molar-refractivity contribution is -0.0764. The minimum absolute atomic E-state index is 0.278. The van der Waals surface area contributed by atoms with Gasteiger partial charge in [-0.1, -0.05) is 60.7 Å². The first-order valence-electron chi connectivity index (χ1n) is 9.04. The number of piperidine rings is 3. The number of hydrogen-bond acceptors (Lipinski definition) is 4. The molecule has 0 aliphatic carbocycles. The Labute approximate surface area is 160 Å². The average molecular weight is 391 g/mol. The van der Waals surface area contributed by atoms with Gasteiger partial charge in [-0.3, -0.25) is 9.11 Å². The van der Waals surface area contributed by atoms with E-state index in [4.69, 9.17) is 17.5 Å². The fourth-order valence-electron chi connectivity index (χ4n) is 4.42. The molecule has 0 spiro atoms. The summed E-state index contributed by atoms with van der Waals surface area (Å²) in [5.41, 5.74) is 1.17. The van der Waals surface area contributed by atoms with Crippen LogP contribution in [-0.2, 0) is 16.0 Å². The van der Waals surface area contributed by atoms with E-state index in [2.05, 4.69) is 29.2 Å². The van der Waals surface area contributed by atoms with Gasteiger partial charge in [-0.2, -0.15) is 8.42 Å². The van der Waals surface area contributed by atoms with Crippen molar-refractivity contribution in [2.75, 3.05) is 19.6 Å². The molecule has 0 aromatic heterocycles. The molecule has 3 saturated heterocycles. The number of benzene rings is 2. The largest absolute Gasteiger partial charge is 0.394 e. The van der Waals surface area contributed by atoms with Crippen molar-refractivity contribution in [3.05, 3.63) is 71.8 Å². The van der Waals surface area contributed by atoms with E-state index in [9.17, 15) is 5.11 Å². The van der Waals surface area contributed by atoms with E-state index >= 15 is 0 Å². The van der Waals surface area contributed by atoms with Crippen LogP contribution in [0.1, 0.15) is 24.0 Å². The van der Waals surface area contributed by atoms with E-state index in [0.717, 1.165) is 17.7 Å². The van der Waals surface area contributed by atoms with Crippen molar-refractivity contribution in [1.29, 1.82) is 0 Å². The van der Waals surface area contributed by atoms with Crippen LogP contribution < -0.4 is 0 Å². The highest BCUT2D eigenvalue weighted by Crippen LogP contribution is 2.46. The minimum Gasteiger partial charge on any atom is -0.380 e. The van der Waals surface area contributed by atoms with Crippen molar-refractivity contribution in [2.45, 2.75) is 18.4 Å². The van der Waals surface area contributed by atoms with E-state index in [1.165, 1.54) is 25.9 Å². The van der Waals surface area contributed by atoms with E-state index in [0.29, 0.717) is 5.92 Å². The minimum atomic E-state index is -4.67. The Kier molecular flexibility index (Phi) is 5.98. The van der Waals surface area contributed by atoms with E-state index < -0.39 is 16.0 Å². The predicted molar refractivity (Wildman–Crippen MR) is 103 cm³/mol. The summed E-state index contributed by atoms with van der Waals surface area (Å²) in [5.74, 6) is 0.898. The van der Waals surface area contributed by atoms with Crippen LogP contribution in [0.4, 0.5) is 0 Å². The lowest BCUT2D eigenvalue weighted by Crippen LogP contribution is -2.55. The molecule has 0 saturated carbocycles. The highest BCUT2D eigenvalue weighted by molar-refractivity contribution is 7.79. The van der Waals surface area contributed by atoms with Crippen LogP contribution in [0.2, 0.25) is 0 Å². The molecule has 27 heavy (non-hydrogen) atoms. The van der Waals surface area contributed by atoms with Gasteiger partial charge in [0.1, 0.15) is 5.60 Å². The molecular formula is C20H25NO5S. The number of rotatable bonds is 3. The molecule has 7 heteroatoms. The normalized spacial score (nSPS) is 24.8. The molecule has 0 amide bonds. The zero-order valence-corrected chi connectivity index (χ0v) is 15.8. The van der Waals surface area contributed by atoms with Crippen LogP contribution in [-0.4, -0.2) is 47.2 Å². The number of hydrogen-bond donors (Lipinski definition) is 3. The molecule has 5 rings (SSSR count). The maximum absolute atomic E-state index is 11.9. The summed E-state index contributed by atoms with van der Waals surface area (Å²) in [4.78, 5) is 2.52. The lowest BCUT2D eigenvalue weighted by Gasteiger charge is -2.51. The molecule has 3 fully saturated rings. The topological polar surface area (TPSA) is 98.1 Å². The van der Waals surface area contributed by atoms with Gasteiger partial charge in [0.05, 0.1) is 0 Å². The second-order valence-electron chi connectivity index (χ2n) is 7.19. The van der Waals surface area contributed by atoms with E-state index in [1.54, 1.807) is 0 Å². The Morgan fingerprint density at radius 1 is 0.852 bits per heavy atom. The van der Waals surface area contributed by atoms with Crippen molar-refractivity contribution in [3.8, 4) is 0 Å². The predicted octanol–water partition coefficient (Wildman–Crippen LogP) is 2.61. The second kappa shape index (κ2) is 8.08. The smallest absolute Gasteiger partial charge is 0.380 e. The molecule has 6 nitrogen and oxygen atoms in total. The van der Waals surface area contributed by atoms with Crippen molar-refractivity contribution < 1.29 is 22.6 Å². The number of nitrogens with zero attached hydrogens (tertiary/aromatic N) is 1. The highest BCUT2D eigenvalue weighted by Gasteiger charge is 2.48. The van der Waals surface area contributed by atoms with Gasteiger partial charge in [-0.05, 0) is 43.0 Å². The van der Waals surface area contributed by atoms with Gasteiger partial charge >= 0.3 is 10.4 Å². The molecule has 3 aliphatic rings. The van der Waals surface area contributed by atoms with Crippen LogP contribution in [0, 0.1) is 11.8 Å². The third kappa shape index (κ3) is 4.75. The van der Waals surface area contributed by atoms with E-state index in [1.807, 2.05) is 36.4 Å². The molecule has 2 aromatic rings. The Morgan fingerprint density at radius 2 is 1.26 bits per heavy atom. The fraction of sp³-hybridized carbons (Fsp3) is 0.400. The van der Waals surface area contributed by atoms with Gasteiger partial charge in [-0.15, -0.1) is 0 Å². The summed E-state index contributed by atoms with van der Waals surface area (Å²) in [7, 11) is -4.67. The third-order valence-electron chi connectivity index (χ3n) is 5.62. The average Bonchev–Trinajstić information content (AvgIpc) is 2.68. The van der Waals surface area contributed by atoms with Gasteiger partial charge in [0, 0.05) is 12.5 Å². The maximum Gasteiger partial charge on any atom is 0.394 e. The lowest BCUT2D eigenvalue weighted by atomic mass is 9.65. The summed E-state index contributed by atoms with van der Waals surface area (Å²) >= 11 is 0. The summed E-state index contributed by atoms with van der Waals surface area (Å²) in [6.07, 6.45) is 2.43. The molecule has 1 unspecified atom stereocenters. The summed E-state index contributed by atoms with van der Waals surface area (Å²) < 4.78 is 31.6. The van der Waals surface area contributed by atoms with E-state index in [-0.39, 0.29) is 5.92 Å². The molecule has 3 heterocycles. The molecule has 2 aromatic carbocycles. The first-order valence-corrected chi connectivity index (χ1v) is 10.4. The zero-order chi connectivity index (χ0) is 19.5. The van der Waals surface area contributed by atoms with Gasteiger partial charge in [0.25, 0.3) is 0 Å². The van der Waals surface area contributed by atoms with Crippen LogP contribution >= 0.6 is 0 Å².